The summed E-state index contributed by atoms with van der Waals surface area (Å²) in [5.74, 6) is 0. The molecule has 0 fully saturated rings. The van der Waals surface area contributed by atoms with Gasteiger partial charge in [0.15, 0.2) is 10.3 Å². The summed E-state index contributed by atoms with van der Waals surface area (Å²) in [5.41, 5.74) is -0.283. The quantitative estimate of drug-likeness (QED) is 0.598. The van der Waals surface area contributed by atoms with Crippen LogP contribution >= 0.6 is 11.3 Å². The number of fused-ring (bicyclic) bond motifs is 1. The van der Waals surface area contributed by atoms with Crippen LogP contribution in [-0.2, 0) is 0 Å². The number of hydrogen-bond acceptors (Lipinski definition) is 4. The van der Waals surface area contributed by atoms with Gasteiger partial charge in [-0.2, -0.15) is 0 Å². The molecule has 2 aromatic heterocycles. The molecule has 0 aliphatic heterocycles. The summed E-state index contributed by atoms with van der Waals surface area (Å²) in [4.78, 5) is 20.9. The van der Waals surface area contributed by atoms with Gasteiger partial charge in [0.05, 0.1) is 13.2 Å². The van der Waals surface area contributed by atoms with E-state index in [1.807, 2.05) is 0 Å². The Morgan fingerprint density at radius 3 is 3.50 bits per heavy atom. The molecule has 2 heterocycles. The summed E-state index contributed by atoms with van der Waals surface area (Å²) in [5, 5.41) is 0. The van der Waals surface area contributed by atoms with Gasteiger partial charge in [0.1, 0.15) is 1.37 Å². The van der Waals surface area contributed by atoms with Crippen molar-refractivity contribution in [2.45, 2.75) is 0 Å². The van der Waals surface area contributed by atoms with Crippen LogP contribution in [0.5, 0.6) is 0 Å². The Hall–Kier alpha value is -1.23. The first kappa shape index (κ1) is 3.82. The summed E-state index contributed by atoms with van der Waals surface area (Å²) in [6.45, 7) is 0. The van der Waals surface area contributed by atoms with Gasteiger partial charge in [-0.15, -0.1) is 11.3 Å². The minimum absolute atomic E-state index is 0.0357. The molecule has 0 radical (unpaired) electrons. The van der Waals surface area contributed by atoms with E-state index in [0.29, 0.717) is 4.83 Å². The molecule has 4 nitrogen and oxygen atoms in total. The summed E-state index contributed by atoms with van der Waals surface area (Å²) in [7, 11) is 0. The Balaban J connectivity index is 2.98. The maximum absolute atomic E-state index is 11.1. The first-order chi connectivity index (χ1) is 5.66. The zero-order valence-corrected chi connectivity index (χ0v) is 5.53. The third-order valence-corrected chi connectivity index (χ3v) is 1.70. The molecule has 0 aliphatic carbocycles. The van der Waals surface area contributed by atoms with Crippen molar-refractivity contribution in [2.24, 2.45) is 0 Å². The van der Waals surface area contributed by atoms with Gasteiger partial charge in [0.25, 0.3) is 5.56 Å². The molecule has 1 N–H and O–H groups in total. The molecule has 0 amide bonds. The Morgan fingerprint density at radius 1 is 1.70 bits per heavy atom. The fourth-order valence-corrected chi connectivity index (χ4v) is 1.17. The number of nitrogens with zero attached hydrogens (tertiary/aromatic N) is 2. The predicted octanol–water partition coefficient (Wildman–Crippen LogP) is 0.380. The second-order valence-corrected chi connectivity index (χ2v) is 2.41. The zero-order valence-electron chi connectivity index (χ0n) is 6.71. The lowest BCUT2D eigenvalue weighted by Crippen LogP contribution is -2.04. The predicted molar refractivity (Wildman–Crippen MR) is 38.0 cm³/mol. The van der Waals surface area contributed by atoms with Gasteiger partial charge in [0, 0.05) is 0 Å². The van der Waals surface area contributed by atoms with Crippen LogP contribution in [0.25, 0.3) is 10.3 Å². The molecule has 0 atom stereocenters. The van der Waals surface area contributed by atoms with Crippen LogP contribution in [0.1, 0.15) is 2.74 Å². The molecular formula is C5H3N3OS. The van der Waals surface area contributed by atoms with E-state index in [2.05, 4.69) is 15.0 Å². The highest BCUT2D eigenvalue weighted by Gasteiger charge is 1.98. The van der Waals surface area contributed by atoms with E-state index in [-0.39, 0.29) is 17.3 Å². The van der Waals surface area contributed by atoms with Crippen molar-refractivity contribution >= 4 is 21.7 Å². The average Bonchev–Trinajstić information content (AvgIpc) is 2.29. The highest BCUT2D eigenvalue weighted by molar-refractivity contribution is 7.16. The summed E-state index contributed by atoms with van der Waals surface area (Å²) >= 11 is 0.985. The molecule has 0 saturated carbocycles. The number of rotatable bonds is 0. The standard InChI is InChI=1S/C5H3N3OS/c9-4-3-5(7-1-6-4)10-2-8-3/h1-2H,(H,6,7,9)/i1D,2D. The highest BCUT2D eigenvalue weighted by Crippen LogP contribution is 2.07. The second-order valence-electron chi connectivity index (χ2n) is 1.64. The largest absolute Gasteiger partial charge is 0.311 e. The van der Waals surface area contributed by atoms with Gasteiger partial charge in [-0.3, -0.25) is 4.79 Å². The number of aromatic amines is 1. The number of hydrogen-bond donors (Lipinski definition) is 1. The second kappa shape index (κ2) is 1.88. The Labute approximate surface area is 62.4 Å². The van der Waals surface area contributed by atoms with E-state index in [9.17, 15) is 4.79 Å². The first-order valence-electron chi connectivity index (χ1n) is 3.51. The van der Waals surface area contributed by atoms with Gasteiger partial charge in [-0.05, 0) is 0 Å². The van der Waals surface area contributed by atoms with Crippen LogP contribution in [0.3, 0.4) is 0 Å². The highest BCUT2D eigenvalue weighted by atomic mass is 32.1. The van der Waals surface area contributed by atoms with Crippen LogP contribution in [-0.4, -0.2) is 15.0 Å². The van der Waals surface area contributed by atoms with Crippen molar-refractivity contribution < 1.29 is 2.74 Å². The molecular weight excluding hydrogens is 150 g/mol. The number of nitrogens with one attached hydrogen (secondary N) is 1. The molecule has 0 spiro atoms. The monoisotopic (exact) mass is 155 g/mol. The molecule has 50 valence electrons. The van der Waals surface area contributed by atoms with Crippen molar-refractivity contribution in [3.8, 4) is 0 Å². The van der Waals surface area contributed by atoms with Crippen molar-refractivity contribution in [2.75, 3.05) is 0 Å². The van der Waals surface area contributed by atoms with E-state index in [0.717, 1.165) is 11.3 Å². The number of H-pyrrole nitrogens is 1. The molecule has 0 unspecified atom stereocenters. The maximum Gasteiger partial charge on any atom is 0.278 e. The smallest absolute Gasteiger partial charge is 0.278 e. The van der Waals surface area contributed by atoms with Crippen LogP contribution < -0.4 is 5.56 Å². The third-order valence-electron chi connectivity index (χ3n) is 1.04. The van der Waals surface area contributed by atoms with Crippen molar-refractivity contribution in [3.05, 3.63) is 22.1 Å². The summed E-state index contributed by atoms with van der Waals surface area (Å²) < 4.78 is 14.2. The normalized spacial score (nSPS) is 13.2. The molecule has 0 bridgehead atoms. The summed E-state index contributed by atoms with van der Waals surface area (Å²) in [6, 6.07) is 0. The van der Waals surface area contributed by atoms with Gasteiger partial charge in [-0.1, -0.05) is 0 Å². The maximum atomic E-state index is 11.1. The molecule has 10 heavy (non-hydrogen) atoms. The lowest BCUT2D eigenvalue weighted by molar-refractivity contribution is 1.17. The zero-order chi connectivity index (χ0) is 8.72. The van der Waals surface area contributed by atoms with Crippen LogP contribution in [0.2, 0.25) is 0 Å². The molecule has 2 rings (SSSR count). The molecule has 2 aromatic rings. The lowest BCUT2D eigenvalue weighted by Gasteiger charge is -1.81. The SMILES string of the molecule is [2H]c1nc2sc([2H])nc2c(=O)[nH]1. The van der Waals surface area contributed by atoms with Crippen LogP contribution in [0, 0.1) is 0 Å². The molecule has 0 aliphatic rings. The van der Waals surface area contributed by atoms with Crippen molar-refractivity contribution in [3.63, 3.8) is 0 Å². The van der Waals surface area contributed by atoms with E-state index in [4.69, 9.17) is 2.74 Å². The van der Waals surface area contributed by atoms with Gasteiger partial charge in [-0.25, -0.2) is 9.97 Å². The van der Waals surface area contributed by atoms with E-state index < -0.39 is 5.56 Å². The fourth-order valence-electron chi connectivity index (χ4n) is 0.620. The Morgan fingerprint density at radius 2 is 2.60 bits per heavy atom. The number of aromatic nitrogens is 3. The third kappa shape index (κ3) is 0.640. The van der Waals surface area contributed by atoms with Gasteiger partial charge in [0.2, 0.25) is 0 Å². The van der Waals surface area contributed by atoms with Crippen molar-refractivity contribution in [1.82, 2.24) is 15.0 Å². The molecule has 0 aromatic carbocycles. The minimum atomic E-state index is -0.459. The summed E-state index contributed by atoms with van der Waals surface area (Å²) in [6.07, 6.45) is -0.198. The molecule has 5 heteroatoms. The fraction of sp³-hybridized carbons (Fsp3) is 0. The topological polar surface area (TPSA) is 58.6 Å². The van der Waals surface area contributed by atoms with Gasteiger partial charge < -0.3 is 4.98 Å². The van der Waals surface area contributed by atoms with E-state index in [1.165, 1.54) is 0 Å². The van der Waals surface area contributed by atoms with E-state index in [1.54, 1.807) is 0 Å². The molecule has 0 saturated heterocycles. The van der Waals surface area contributed by atoms with Gasteiger partial charge >= 0.3 is 0 Å². The van der Waals surface area contributed by atoms with E-state index >= 15 is 0 Å². The Kier molecular flexibility index (Phi) is 0.718. The van der Waals surface area contributed by atoms with Crippen molar-refractivity contribution in [1.29, 1.82) is 0 Å². The van der Waals surface area contributed by atoms with Crippen LogP contribution in [0.15, 0.2) is 16.6 Å². The number of thiazole rings is 1. The first-order valence-corrected chi connectivity index (χ1v) is 3.32. The minimum Gasteiger partial charge on any atom is -0.311 e. The van der Waals surface area contributed by atoms with Crippen LogP contribution in [0.4, 0.5) is 0 Å². The lowest BCUT2D eigenvalue weighted by atomic mass is 10.6. The average molecular weight is 155 g/mol. The Bertz CT molecular complexity index is 491.